The SMILES string of the molecule is CCCn1ncnc1CNc1ccccc1C#N. The van der Waals surface area contributed by atoms with Gasteiger partial charge >= 0.3 is 0 Å². The van der Waals surface area contributed by atoms with Gasteiger partial charge in [-0.1, -0.05) is 19.1 Å². The van der Waals surface area contributed by atoms with Crippen LogP contribution >= 0.6 is 0 Å². The minimum Gasteiger partial charge on any atom is -0.377 e. The van der Waals surface area contributed by atoms with Crippen molar-refractivity contribution in [2.24, 2.45) is 0 Å². The summed E-state index contributed by atoms with van der Waals surface area (Å²) in [6, 6.07) is 9.59. The number of hydrogen-bond acceptors (Lipinski definition) is 4. The number of rotatable bonds is 5. The van der Waals surface area contributed by atoms with Crippen LogP contribution in [0, 0.1) is 11.3 Å². The molecule has 0 bridgehead atoms. The first-order valence-electron chi connectivity index (χ1n) is 5.95. The van der Waals surface area contributed by atoms with Crippen molar-refractivity contribution in [3.63, 3.8) is 0 Å². The molecule has 0 spiro atoms. The number of nitrogens with one attached hydrogen (secondary N) is 1. The van der Waals surface area contributed by atoms with Gasteiger partial charge in [0.1, 0.15) is 18.2 Å². The van der Waals surface area contributed by atoms with Gasteiger partial charge in [0.05, 0.1) is 17.8 Å². The molecule has 1 aromatic heterocycles. The van der Waals surface area contributed by atoms with E-state index >= 15 is 0 Å². The summed E-state index contributed by atoms with van der Waals surface area (Å²) in [4.78, 5) is 4.21. The van der Waals surface area contributed by atoms with E-state index in [0.717, 1.165) is 24.5 Å². The Kier molecular flexibility index (Phi) is 3.92. The predicted molar refractivity (Wildman–Crippen MR) is 68.8 cm³/mol. The number of nitrogens with zero attached hydrogens (tertiary/aromatic N) is 4. The second-order valence-corrected chi connectivity index (χ2v) is 3.91. The van der Waals surface area contributed by atoms with Crippen molar-refractivity contribution in [1.29, 1.82) is 5.26 Å². The molecular weight excluding hydrogens is 226 g/mol. The van der Waals surface area contributed by atoms with E-state index in [1.807, 2.05) is 22.9 Å². The van der Waals surface area contributed by atoms with Crippen LogP contribution in [0.5, 0.6) is 0 Å². The summed E-state index contributed by atoms with van der Waals surface area (Å²) in [5.41, 5.74) is 1.46. The zero-order chi connectivity index (χ0) is 12.8. The van der Waals surface area contributed by atoms with E-state index in [0.29, 0.717) is 12.1 Å². The molecule has 0 aliphatic rings. The summed E-state index contributed by atoms with van der Waals surface area (Å²) in [5, 5.41) is 16.4. The van der Waals surface area contributed by atoms with Gasteiger partial charge in [0, 0.05) is 6.54 Å². The Balaban J connectivity index is 2.07. The first-order chi connectivity index (χ1) is 8.85. The van der Waals surface area contributed by atoms with E-state index in [1.165, 1.54) is 0 Å². The summed E-state index contributed by atoms with van der Waals surface area (Å²) < 4.78 is 1.88. The second kappa shape index (κ2) is 5.82. The maximum atomic E-state index is 8.99. The zero-order valence-corrected chi connectivity index (χ0v) is 10.3. The first kappa shape index (κ1) is 12.1. The normalized spacial score (nSPS) is 10.0. The van der Waals surface area contributed by atoms with E-state index in [2.05, 4.69) is 28.4 Å². The molecule has 2 aromatic rings. The molecule has 0 radical (unpaired) electrons. The summed E-state index contributed by atoms with van der Waals surface area (Å²) in [6.07, 6.45) is 2.58. The number of hydrogen-bond donors (Lipinski definition) is 1. The molecule has 1 heterocycles. The van der Waals surface area contributed by atoms with Crippen molar-refractivity contribution in [2.45, 2.75) is 26.4 Å². The average molecular weight is 241 g/mol. The molecule has 0 unspecified atom stereocenters. The van der Waals surface area contributed by atoms with Crippen LogP contribution in [0.15, 0.2) is 30.6 Å². The van der Waals surface area contributed by atoms with Crippen molar-refractivity contribution in [1.82, 2.24) is 14.8 Å². The Hall–Kier alpha value is -2.35. The van der Waals surface area contributed by atoms with Crippen LogP contribution < -0.4 is 5.32 Å². The topological polar surface area (TPSA) is 66.5 Å². The van der Waals surface area contributed by atoms with Crippen LogP contribution in [0.4, 0.5) is 5.69 Å². The highest BCUT2D eigenvalue weighted by Crippen LogP contribution is 2.14. The van der Waals surface area contributed by atoms with Gasteiger partial charge in [0.15, 0.2) is 0 Å². The van der Waals surface area contributed by atoms with Gasteiger partial charge in [0.2, 0.25) is 0 Å². The largest absolute Gasteiger partial charge is 0.377 e. The van der Waals surface area contributed by atoms with Gasteiger partial charge in [-0.05, 0) is 18.6 Å². The van der Waals surface area contributed by atoms with Gasteiger partial charge in [-0.15, -0.1) is 0 Å². The Labute approximate surface area is 106 Å². The molecule has 0 aliphatic heterocycles. The quantitative estimate of drug-likeness (QED) is 0.871. The molecule has 92 valence electrons. The third-order valence-corrected chi connectivity index (χ3v) is 2.62. The fourth-order valence-corrected chi connectivity index (χ4v) is 1.73. The number of para-hydroxylation sites is 1. The summed E-state index contributed by atoms with van der Waals surface area (Å²) in [5.74, 6) is 0.879. The van der Waals surface area contributed by atoms with Gasteiger partial charge in [-0.3, -0.25) is 0 Å². The molecule has 1 N–H and O–H groups in total. The number of benzene rings is 1. The molecule has 0 aliphatic carbocycles. The molecule has 2 rings (SSSR count). The van der Waals surface area contributed by atoms with Gasteiger partial charge < -0.3 is 5.32 Å². The highest BCUT2D eigenvalue weighted by atomic mass is 15.3. The molecule has 0 saturated heterocycles. The third-order valence-electron chi connectivity index (χ3n) is 2.62. The van der Waals surface area contributed by atoms with Crippen molar-refractivity contribution < 1.29 is 0 Å². The molecular formula is C13H15N5. The summed E-state index contributed by atoms with van der Waals surface area (Å²) >= 11 is 0. The van der Waals surface area contributed by atoms with Crippen LogP contribution in [0.25, 0.3) is 0 Å². The molecule has 0 amide bonds. The highest BCUT2D eigenvalue weighted by molar-refractivity contribution is 5.57. The average Bonchev–Trinajstić information content (AvgIpc) is 2.84. The van der Waals surface area contributed by atoms with Gasteiger partial charge in [-0.25, -0.2) is 9.67 Å². The molecule has 5 nitrogen and oxygen atoms in total. The van der Waals surface area contributed by atoms with Crippen molar-refractivity contribution >= 4 is 5.69 Å². The lowest BCUT2D eigenvalue weighted by Crippen LogP contribution is -2.10. The zero-order valence-electron chi connectivity index (χ0n) is 10.3. The predicted octanol–water partition coefficient (Wildman–Crippen LogP) is 2.17. The summed E-state index contributed by atoms with van der Waals surface area (Å²) in [7, 11) is 0. The van der Waals surface area contributed by atoms with Crippen molar-refractivity contribution in [3.05, 3.63) is 42.0 Å². The summed E-state index contributed by atoms with van der Waals surface area (Å²) in [6.45, 7) is 3.53. The maximum Gasteiger partial charge on any atom is 0.146 e. The number of anilines is 1. The Morgan fingerprint density at radius 2 is 2.22 bits per heavy atom. The van der Waals surface area contributed by atoms with E-state index in [-0.39, 0.29) is 0 Å². The number of aryl methyl sites for hydroxylation is 1. The Morgan fingerprint density at radius 1 is 1.39 bits per heavy atom. The van der Waals surface area contributed by atoms with Crippen LogP contribution in [-0.2, 0) is 13.1 Å². The smallest absolute Gasteiger partial charge is 0.146 e. The van der Waals surface area contributed by atoms with Gasteiger partial charge in [-0.2, -0.15) is 10.4 Å². The van der Waals surface area contributed by atoms with E-state index in [9.17, 15) is 0 Å². The van der Waals surface area contributed by atoms with Gasteiger partial charge in [0.25, 0.3) is 0 Å². The Morgan fingerprint density at radius 3 is 3.00 bits per heavy atom. The molecule has 18 heavy (non-hydrogen) atoms. The third kappa shape index (κ3) is 2.66. The van der Waals surface area contributed by atoms with Crippen LogP contribution in [-0.4, -0.2) is 14.8 Å². The second-order valence-electron chi connectivity index (χ2n) is 3.91. The lowest BCUT2D eigenvalue weighted by Gasteiger charge is -2.08. The lowest BCUT2D eigenvalue weighted by molar-refractivity contribution is 0.574. The number of aromatic nitrogens is 3. The van der Waals surface area contributed by atoms with Crippen molar-refractivity contribution in [3.8, 4) is 6.07 Å². The van der Waals surface area contributed by atoms with E-state index < -0.39 is 0 Å². The van der Waals surface area contributed by atoms with E-state index in [4.69, 9.17) is 5.26 Å². The van der Waals surface area contributed by atoms with Crippen molar-refractivity contribution in [2.75, 3.05) is 5.32 Å². The molecule has 0 fully saturated rings. The van der Waals surface area contributed by atoms with E-state index in [1.54, 1.807) is 12.4 Å². The van der Waals surface area contributed by atoms with Crippen LogP contribution in [0.1, 0.15) is 24.7 Å². The monoisotopic (exact) mass is 241 g/mol. The minimum absolute atomic E-state index is 0.568. The fourth-order valence-electron chi connectivity index (χ4n) is 1.73. The Bertz CT molecular complexity index is 553. The minimum atomic E-state index is 0.568. The standard InChI is InChI=1S/C13H15N5/c1-2-7-18-13(16-10-17-18)9-15-12-6-4-3-5-11(12)8-14/h3-6,10,15H,2,7,9H2,1H3. The first-order valence-corrected chi connectivity index (χ1v) is 5.95. The highest BCUT2D eigenvalue weighted by Gasteiger charge is 2.05. The molecule has 5 heteroatoms. The fraction of sp³-hybridized carbons (Fsp3) is 0.308. The van der Waals surface area contributed by atoms with Crippen LogP contribution in [0.2, 0.25) is 0 Å². The number of nitriles is 1. The lowest BCUT2D eigenvalue weighted by atomic mass is 10.2. The molecule has 1 aromatic carbocycles. The molecule has 0 atom stereocenters. The maximum absolute atomic E-state index is 8.99. The molecule has 0 saturated carbocycles. The van der Waals surface area contributed by atoms with Crippen LogP contribution in [0.3, 0.4) is 0 Å².